The van der Waals surface area contributed by atoms with Crippen LogP contribution in [0.25, 0.3) is 0 Å². The molecule has 7 aliphatic rings. The van der Waals surface area contributed by atoms with E-state index in [1.54, 1.807) is 54.3 Å². The van der Waals surface area contributed by atoms with Crippen molar-refractivity contribution in [2.24, 2.45) is 35.5 Å². The molecule has 9 N–H and O–H groups in total. The minimum atomic E-state index is -1.89. The second kappa shape index (κ2) is 54.6. The van der Waals surface area contributed by atoms with Gasteiger partial charge in [-0.3, -0.25) is 0 Å². The Hall–Kier alpha value is -4.15. The largest absolute Gasteiger partial charge is 0.459 e. The first-order chi connectivity index (χ1) is 59.1. The van der Waals surface area contributed by atoms with Crippen LogP contribution in [0.1, 0.15) is 198 Å². The Morgan fingerprint density at radius 2 is 0.871 bits per heavy atom. The molecule has 4 bridgehead atoms. The summed E-state index contributed by atoms with van der Waals surface area (Å²) in [5.41, 5.74) is 1.23. The molecule has 0 radical (unpaired) electrons. The van der Waals surface area contributed by atoms with Gasteiger partial charge < -0.3 is 136 Å². The minimum Gasteiger partial charge on any atom is -0.459 e. The molecular formula is C93H156O31. The highest BCUT2D eigenvalue weighted by Crippen LogP contribution is 2.38. The number of methoxy groups -OCH3 is 8. The van der Waals surface area contributed by atoms with E-state index in [-0.39, 0.29) is 113 Å². The van der Waals surface area contributed by atoms with Crippen LogP contribution in [0.2, 0.25) is 0 Å². The molecule has 0 unspecified atom stereocenters. The van der Waals surface area contributed by atoms with Crippen molar-refractivity contribution in [3.8, 4) is 0 Å². The van der Waals surface area contributed by atoms with Gasteiger partial charge in [0.25, 0.3) is 0 Å². The number of hydrogen-bond donors (Lipinski definition) is 9. The molecular weight excluding hydrogens is 1610 g/mol. The molecule has 7 rings (SSSR count). The van der Waals surface area contributed by atoms with Crippen LogP contribution in [-0.4, -0.2) is 330 Å². The van der Waals surface area contributed by atoms with Crippen LogP contribution >= 0.6 is 0 Å². The van der Waals surface area contributed by atoms with Crippen molar-refractivity contribution < 1.29 is 150 Å². The van der Waals surface area contributed by atoms with Crippen molar-refractivity contribution in [3.05, 3.63) is 71.9 Å². The zero-order valence-corrected chi connectivity index (χ0v) is 76.9. The lowest BCUT2D eigenvalue weighted by molar-refractivity contribution is -0.296. The average molecular weight is 1770 g/mol. The van der Waals surface area contributed by atoms with Crippen molar-refractivity contribution in [2.75, 3.05) is 76.7 Å². The number of carbonyl (C=O) groups is 3. The van der Waals surface area contributed by atoms with Crippen LogP contribution in [0.4, 0.5) is 0 Å². The Labute approximate surface area is 736 Å². The second-order valence-corrected chi connectivity index (χ2v) is 36.1. The van der Waals surface area contributed by atoms with Gasteiger partial charge in [0.2, 0.25) is 0 Å². The first kappa shape index (κ1) is 107. The van der Waals surface area contributed by atoms with Crippen LogP contribution in [0.5, 0.6) is 0 Å². The highest BCUT2D eigenvalue weighted by molar-refractivity contribution is 5.83. The van der Waals surface area contributed by atoms with E-state index in [1.165, 1.54) is 47.7 Å². The van der Waals surface area contributed by atoms with Gasteiger partial charge in [-0.05, 0) is 129 Å². The molecule has 37 atom stereocenters. The summed E-state index contributed by atoms with van der Waals surface area (Å²) in [5, 5.41) is 105. The van der Waals surface area contributed by atoms with E-state index in [0.717, 1.165) is 19.3 Å². The number of aliphatic hydroxyl groups is 9. The van der Waals surface area contributed by atoms with E-state index in [0.29, 0.717) is 68.9 Å². The lowest BCUT2D eigenvalue weighted by Gasteiger charge is -2.42. The Balaban J connectivity index is 1.21. The fraction of sp³-hybridized carbons (Fsp3) is 0.839. The van der Waals surface area contributed by atoms with E-state index in [2.05, 4.69) is 0 Å². The maximum atomic E-state index is 14.4. The molecule has 31 nitrogen and oxygen atoms in total. The predicted molar refractivity (Wildman–Crippen MR) is 458 cm³/mol. The van der Waals surface area contributed by atoms with E-state index in [9.17, 15) is 60.3 Å². The average Bonchev–Trinajstić information content (AvgIpc) is 0.798. The Morgan fingerprint density at radius 3 is 1.27 bits per heavy atom. The predicted octanol–water partition coefficient (Wildman–Crippen LogP) is 8.06. The maximum absolute atomic E-state index is 14.4. The third-order valence-corrected chi connectivity index (χ3v) is 26.5. The van der Waals surface area contributed by atoms with Gasteiger partial charge in [-0.15, -0.1) is 0 Å². The van der Waals surface area contributed by atoms with Gasteiger partial charge in [0.15, 0.2) is 24.8 Å². The van der Waals surface area contributed by atoms with Crippen molar-refractivity contribution in [1.29, 1.82) is 0 Å². The number of fused-ring (bicyclic) bond motifs is 4. The molecule has 0 aromatic rings. The third-order valence-electron chi connectivity index (χ3n) is 26.5. The summed E-state index contributed by atoms with van der Waals surface area (Å²) in [5.74, 6) is -5.84. The molecule has 124 heavy (non-hydrogen) atoms. The minimum absolute atomic E-state index is 0.000978. The number of rotatable bonds is 27. The van der Waals surface area contributed by atoms with Crippen molar-refractivity contribution >= 4 is 17.9 Å². The molecule has 4 saturated heterocycles. The molecule has 7 heterocycles. The number of cyclic esters (lactones) is 2. The molecule has 31 heteroatoms. The third kappa shape index (κ3) is 33.9. The summed E-state index contributed by atoms with van der Waals surface area (Å²) in [4.78, 5) is 41.9. The molecule has 714 valence electrons. The lowest BCUT2D eigenvalue weighted by atomic mass is 9.83. The standard InChI is InChI=1S/C93H156O31/c1-52-25-31-70(120-92-87(104)88(112-17)81(110-15)50-114-92)43-64-21-19-23-66(118-64)47-77(108-13)58(7)74(97)39-62(95)42-80(61(10)86(103)55(4)30-34-69-46-73(107-12)38-57(6)117-69)123-84(101)36-28-53(2)26-32-71(121-93-90(124-91(105)76(99)49-94)89(113-18)82(111-16)51-115-93)44-65-22-20-24-67(119-65)48-78(109-14)59(8)75(98)40-63(96)41-79(122-83(100)35-27-52)60(9)85(102)54(3)29-33-68-45-72(106-11)37-56(5)116-68/h19-22,25-28,35-36,54-82,85-90,92-99,102-104H,23-24,29-34,37-51H2,1-18H3/b35-27-,36-28+,52-25-,53-26?/t54-,55-,56-,57-,58-,59-,60+,61+,62+,63+,64-,65-,66-,67-,68-,69-,70-,71-,72+,73+,74-,75-,76+,77-,78-,79-,80-,81-,82-,85-,86-,87-,88+,89+,90-,92+,93+/m0/s1. The monoisotopic (exact) mass is 1770 g/mol. The maximum Gasteiger partial charge on any atom is 0.337 e. The second-order valence-electron chi connectivity index (χ2n) is 36.1. The number of hydrogen-bond acceptors (Lipinski definition) is 31. The zero-order valence-electron chi connectivity index (χ0n) is 76.9. The smallest absolute Gasteiger partial charge is 0.337 e. The quantitative estimate of drug-likeness (QED) is 0.0213. The van der Waals surface area contributed by atoms with Gasteiger partial charge >= 0.3 is 17.9 Å². The van der Waals surface area contributed by atoms with Gasteiger partial charge in [0, 0.05) is 131 Å². The highest BCUT2D eigenvalue weighted by atomic mass is 16.7. The van der Waals surface area contributed by atoms with Crippen molar-refractivity contribution in [2.45, 2.75) is 387 Å². The highest BCUT2D eigenvalue weighted by Gasteiger charge is 2.48. The summed E-state index contributed by atoms with van der Waals surface area (Å²) >= 11 is 0. The van der Waals surface area contributed by atoms with Crippen LogP contribution < -0.4 is 0 Å². The summed E-state index contributed by atoms with van der Waals surface area (Å²) in [6.45, 7) is 17.8. The topological polar surface area (TPSA) is 409 Å². The van der Waals surface area contributed by atoms with Gasteiger partial charge in [0.1, 0.15) is 42.7 Å². The van der Waals surface area contributed by atoms with Crippen LogP contribution in [0.3, 0.4) is 0 Å². The summed E-state index contributed by atoms with van der Waals surface area (Å²) in [6.07, 6.45) is 0.924. The Kier molecular flexibility index (Phi) is 47.1. The van der Waals surface area contributed by atoms with Crippen LogP contribution in [0, 0.1) is 35.5 Å². The molecule has 0 aromatic heterocycles. The Morgan fingerprint density at radius 1 is 0.460 bits per heavy atom. The normalized spacial score (nSPS) is 39.8. The number of carbonyl (C=O) groups excluding carboxylic acids is 3. The molecule has 0 spiro atoms. The van der Waals surface area contributed by atoms with E-state index in [1.807, 2.05) is 84.9 Å². The fourth-order valence-electron chi connectivity index (χ4n) is 18.4. The lowest BCUT2D eigenvalue weighted by Crippen LogP contribution is -2.58. The zero-order chi connectivity index (χ0) is 91.0. The summed E-state index contributed by atoms with van der Waals surface area (Å²) in [7, 11) is 12.3. The van der Waals surface area contributed by atoms with Gasteiger partial charge in [-0.2, -0.15) is 0 Å². The van der Waals surface area contributed by atoms with Crippen LogP contribution in [0.15, 0.2) is 71.9 Å². The van der Waals surface area contributed by atoms with E-state index in [4.69, 9.17) is 90.0 Å². The van der Waals surface area contributed by atoms with E-state index >= 15 is 0 Å². The fourth-order valence-corrected chi connectivity index (χ4v) is 18.4. The van der Waals surface area contributed by atoms with Crippen molar-refractivity contribution in [3.63, 3.8) is 0 Å². The van der Waals surface area contributed by atoms with E-state index < -0.39 is 201 Å². The first-order valence-corrected chi connectivity index (χ1v) is 45.2. The molecule has 0 aromatic carbocycles. The molecule has 4 fully saturated rings. The summed E-state index contributed by atoms with van der Waals surface area (Å²) in [6, 6.07) is 0. The molecule has 0 saturated carbocycles. The van der Waals surface area contributed by atoms with Gasteiger partial charge in [0.05, 0.1) is 142 Å². The van der Waals surface area contributed by atoms with Crippen molar-refractivity contribution in [1.82, 2.24) is 0 Å². The molecule has 7 aliphatic heterocycles. The first-order valence-electron chi connectivity index (χ1n) is 45.2. The molecule has 0 aliphatic carbocycles. The number of ether oxygens (including phenoxy) is 19. The van der Waals surface area contributed by atoms with Crippen LogP contribution in [-0.2, 0) is 104 Å². The number of aliphatic hydroxyl groups excluding tert-OH is 9. The summed E-state index contributed by atoms with van der Waals surface area (Å²) < 4.78 is 117. The number of allylic oxidation sites excluding steroid dienone is 4. The Bertz CT molecular complexity index is 3250. The van der Waals surface area contributed by atoms with Gasteiger partial charge in [-0.1, -0.05) is 101 Å². The molecule has 0 amide bonds. The van der Waals surface area contributed by atoms with Gasteiger partial charge in [-0.25, -0.2) is 14.4 Å². The SMILES string of the molecule is CO[C@H]1C[C@H](CC[C@H](C)[C@H](O)[C@H](C)[C@@H]2C[C@H](O)C[C@H](O)[C@H](C)[C@@H](OC)C[C@@H]3CC=C[C@@H](C[C@@H](O[C@H]4OC[C@H](OC)[C@@H](OC)[C@@H]4OC(=O)[C@H](O)CO)CC=C(C)/C=C/C(=O)O[C@H]([C@@H](C)[C@@H](O)[C@@H](C)CC[C@H]4C[C@H](OC)C[C@H](C)O4)C[C@H](O)C[C@H](O)[C@H](C)[C@@H](OC)C[C@@H]4CC=C[C@@H](C[C@@H](O[C@H]5OC[C@H](OC)[C@@H](OC)[C@@H]5O)C/C=C(C)\C=C/C(=O)O2)O4)O3)O[C@@H](C)C1. The number of esters is 3.